The van der Waals surface area contributed by atoms with E-state index in [1.165, 1.54) is 29.7 Å². The highest BCUT2D eigenvalue weighted by Gasteiger charge is 2.32. The van der Waals surface area contributed by atoms with Gasteiger partial charge in [0.05, 0.1) is 24.1 Å². The van der Waals surface area contributed by atoms with E-state index in [1.807, 2.05) is 0 Å². The van der Waals surface area contributed by atoms with Crippen LogP contribution in [-0.2, 0) is 30.5 Å². The number of rotatable bonds is 9. The van der Waals surface area contributed by atoms with Crippen LogP contribution in [0.3, 0.4) is 0 Å². The molecule has 0 unspecified atom stereocenters. The first-order chi connectivity index (χ1) is 17.4. The largest absolute Gasteiger partial charge is 0.457 e. The third kappa shape index (κ3) is 7.81. The first kappa shape index (κ1) is 28.2. The number of sulfonamides is 1. The number of nitrogens with zero attached hydrogens (tertiary/aromatic N) is 1. The van der Waals surface area contributed by atoms with Crippen molar-refractivity contribution in [2.75, 3.05) is 30.3 Å². The van der Waals surface area contributed by atoms with E-state index in [4.69, 9.17) is 14.7 Å². The van der Waals surface area contributed by atoms with E-state index >= 15 is 0 Å². The molecule has 37 heavy (non-hydrogen) atoms. The van der Waals surface area contributed by atoms with Crippen molar-refractivity contribution in [2.24, 2.45) is 5.92 Å². The van der Waals surface area contributed by atoms with Crippen LogP contribution in [0.5, 0.6) is 11.5 Å². The molecule has 1 aliphatic rings. The van der Waals surface area contributed by atoms with Gasteiger partial charge in [-0.1, -0.05) is 0 Å². The lowest BCUT2D eigenvalue weighted by Gasteiger charge is -2.29. The molecule has 0 aromatic heterocycles. The van der Waals surface area contributed by atoms with Crippen LogP contribution in [-0.4, -0.2) is 57.5 Å². The maximum absolute atomic E-state index is 12.7. The lowest BCUT2D eigenvalue weighted by atomic mass is 9.99. The zero-order valence-electron chi connectivity index (χ0n) is 19.7. The molecular formula is C23H26F3N3O7S. The molecule has 2 amide bonds. The Morgan fingerprint density at radius 1 is 1.08 bits per heavy atom. The fraction of sp³-hybridized carbons (Fsp3) is 0.391. The SMILES string of the molecule is CS(=O)(=O)N(C[C@H](NC(=O)C1CCOCC1)C(=O)NO)c1ccc(Oc2ccc(C(F)(F)F)cc2)cc1. The number of hydrogen-bond acceptors (Lipinski definition) is 7. The van der Waals surface area contributed by atoms with Gasteiger partial charge in [-0.05, 0) is 61.4 Å². The van der Waals surface area contributed by atoms with Gasteiger partial charge in [-0.2, -0.15) is 13.2 Å². The summed E-state index contributed by atoms with van der Waals surface area (Å²) in [7, 11) is -3.95. The highest BCUT2D eigenvalue weighted by Crippen LogP contribution is 2.32. The molecule has 10 nitrogen and oxygen atoms in total. The maximum atomic E-state index is 12.7. The van der Waals surface area contributed by atoms with Crippen molar-refractivity contribution in [3.8, 4) is 11.5 Å². The summed E-state index contributed by atoms with van der Waals surface area (Å²) in [6.07, 6.45) is -2.69. The minimum absolute atomic E-state index is 0.123. The van der Waals surface area contributed by atoms with E-state index < -0.39 is 52.1 Å². The first-order valence-corrected chi connectivity index (χ1v) is 13.0. The summed E-state index contributed by atoms with van der Waals surface area (Å²) in [6.45, 7) is 0.246. The molecule has 0 spiro atoms. The number of carbonyl (C=O) groups is 2. The summed E-state index contributed by atoms with van der Waals surface area (Å²) in [5, 5.41) is 11.6. The Hall–Kier alpha value is -3.36. The number of halogens is 3. The van der Waals surface area contributed by atoms with Gasteiger partial charge in [-0.25, -0.2) is 13.9 Å². The Morgan fingerprint density at radius 3 is 2.11 bits per heavy atom. The molecule has 1 aliphatic heterocycles. The number of amides is 2. The maximum Gasteiger partial charge on any atom is 0.416 e. The van der Waals surface area contributed by atoms with Crippen molar-refractivity contribution in [3.63, 3.8) is 0 Å². The number of alkyl halides is 3. The van der Waals surface area contributed by atoms with Gasteiger partial charge in [0, 0.05) is 19.1 Å². The van der Waals surface area contributed by atoms with Crippen LogP contribution in [0, 0.1) is 5.92 Å². The minimum Gasteiger partial charge on any atom is -0.457 e. The summed E-state index contributed by atoms with van der Waals surface area (Å²) in [5.74, 6) is -1.54. The summed E-state index contributed by atoms with van der Waals surface area (Å²) < 4.78 is 74.9. The normalized spacial score (nSPS) is 15.5. The Balaban J connectivity index is 1.75. The molecule has 2 aromatic rings. The minimum atomic E-state index is -4.48. The number of anilines is 1. The van der Waals surface area contributed by atoms with Crippen molar-refractivity contribution in [3.05, 3.63) is 54.1 Å². The fourth-order valence-corrected chi connectivity index (χ4v) is 4.57. The highest BCUT2D eigenvalue weighted by atomic mass is 32.2. The zero-order chi connectivity index (χ0) is 27.2. The Kier molecular flexibility index (Phi) is 8.99. The second kappa shape index (κ2) is 11.8. The average molecular weight is 546 g/mol. The van der Waals surface area contributed by atoms with Crippen LogP contribution in [0.15, 0.2) is 48.5 Å². The van der Waals surface area contributed by atoms with E-state index in [1.54, 1.807) is 0 Å². The third-order valence-corrected chi connectivity index (χ3v) is 6.79. The molecule has 1 heterocycles. The highest BCUT2D eigenvalue weighted by molar-refractivity contribution is 7.92. The summed E-state index contributed by atoms with van der Waals surface area (Å²) in [5.41, 5.74) is 0.735. The summed E-state index contributed by atoms with van der Waals surface area (Å²) in [4.78, 5) is 24.9. The number of benzene rings is 2. The summed E-state index contributed by atoms with van der Waals surface area (Å²) in [6, 6.07) is 8.17. The molecule has 0 radical (unpaired) electrons. The van der Waals surface area contributed by atoms with Crippen LogP contribution >= 0.6 is 0 Å². The Bertz CT molecular complexity index is 1180. The van der Waals surface area contributed by atoms with E-state index in [2.05, 4.69) is 5.32 Å². The summed E-state index contributed by atoms with van der Waals surface area (Å²) >= 11 is 0. The number of nitrogens with one attached hydrogen (secondary N) is 2. The smallest absolute Gasteiger partial charge is 0.416 e. The van der Waals surface area contributed by atoms with Crippen LogP contribution in [0.2, 0.25) is 0 Å². The molecule has 1 atom stereocenters. The number of ether oxygens (including phenoxy) is 2. The van der Waals surface area contributed by atoms with Crippen LogP contribution < -0.4 is 19.8 Å². The lowest BCUT2D eigenvalue weighted by Crippen LogP contribution is -2.54. The van der Waals surface area contributed by atoms with Gasteiger partial charge in [-0.3, -0.25) is 19.1 Å². The molecule has 0 bridgehead atoms. The predicted molar refractivity (Wildman–Crippen MR) is 126 cm³/mol. The fourth-order valence-electron chi connectivity index (χ4n) is 3.65. The molecule has 3 N–H and O–H groups in total. The molecule has 202 valence electrons. The van der Waals surface area contributed by atoms with E-state index in [9.17, 15) is 31.2 Å². The van der Waals surface area contributed by atoms with Gasteiger partial charge in [-0.15, -0.1) is 0 Å². The van der Waals surface area contributed by atoms with E-state index in [0.717, 1.165) is 34.8 Å². The van der Waals surface area contributed by atoms with Crippen molar-refractivity contribution in [1.29, 1.82) is 0 Å². The average Bonchev–Trinajstić information content (AvgIpc) is 2.86. The second-order valence-corrected chi connectivity index (χ2v) is 10.2. The Morgan fingerprint density at radius 2 is 1.62 bits per heavy atom. The number of hydroxylamine groups is 1. The van der Waals surface area contributed by atoms with Crippen molar-refractivity contribution < 1.29 is 45.9 Å². The van der Waals surface area contributed by atoms with Gasteiger partial charge >= 0.3 is 6.18 Å². The monoisotopic (exact) mass is 545 g/mol. The van der Waals surface area contributed by atoms with E-state index in [-0.39, 0.29) is 17.2 Å². The first-order valence-electron chi connectivity index (χ1n) is 11.1. The molecule has 3 rings (SSSR count). The molecule has 0 aliphatic carbocycles. The zero-order valence-corrected chi connectivity index (χ0v) is 20.5. The molecular weight excluding hydrogens is 519 g/mol. The molecule has 14 heteroatoms. The van der Waals surface area contributed by atoms with Gasteiger partial charge in [0.2, 0.25) is 15.9 Å². The van der Waals surface area contributed by atoms with Crippen molar-refractivity contribution in [2.45, 2.75) is 25.1 Å². The number of carbonyl (C=O) groups excluding carboxylic acids is 2. The van der Waals surface area contributed by atoms with Crippen molar-refractivity contribution in [1.82, 2.24) is 10.8 Å². The third-order valence-electron chi connectivity index (χ3n) is 5.63. The Labute approximate surface area is 211 Å². The standard InChI is InChI=1S/C23H26F3N3O7S/c1-37(33,34)29(14-20(22(31)28-32)27-21(30)15-10-12-35-13-11-15)17-4-8-19(9-5-17)36-18-6-2-16(3-7-18)23(24,25)26/h2-9,15,20,32H,10-14H2,1H3,(H,27,30)(H,28,31)/t20-/m0/s1. The van der Waals surface area contributed by atoms with Crippen LogP contribution in [0.4, 0.5) is 18.9 Å². The number of hydrogen-bond donors (Lipinski definition) is 3. The van der Waals surface area contributed by atoms with Crippen LogP contribution in [0.1, 0.15) is 18.4 Å². The van der Waals surface area contributed by atoms with E-state index in [0.29, 0.717) is 26.1 Å². The lowest BCUT2D eigenvalue weighted by molar-refractivity contribution is -0.137. The molecule has 1 fully saturated rings. The topological polar surface area (TPSA) is 134 Å². The molecule has 1 saturated heterocycles. The van der Waals surface area contributed by atoms with Gasteiger partial charge in [0.15, 0.2) is 0 Å². The van der Waals surface area contributed by atoms with Crippen LogP contribution in [0.25, 0.3) is 0 Å². The second-order valence-electron chi connectivity index (χ2n) is 8.34. The predicted octanol–water partition coefficient (Wildman–Crippen LogP) is 2.68. The van der Waals surface area contributed by atoms with Gasteiger partial charge in [0.25, 0.3) is 5.91 Å². The van der Waals surface area contributed by atoms with Gasteiger partial charge < -0.3 is 14.8 Å². The molecule has 0 saturated carbocycles. The van der Waals surface area contributed by atoms with Gasteiger partial charge in [0.1, 0.15) is 17.5 Å². The molecule has 2 aromatic carbocycles. The van der Waals surface area contributed by atoms with Crippen molar-refractivity contribution >= 4 is 27.5 Å². The quantitative estimate of drug-likeness (QED) is 0.326.